The predicted molar refractivity (Wildman–Crippen MR) is 64.9 cm³/mol. The molecule has 5 nitrogen and oxygen atoms in total. The van der Waals surface area contributed by atoms with Crippen LogP contribution in [0.25, 0.3) is 0 Å². The number of carbonyl (C=O) groups is 1. The Kier molecular flexibility index (Phi) is 3.30. The number of nitrogens with zero attached hydrogens (tertiary/aromatic N) is 2. The summed E-state index contributed by atoms with van der Waals surface area (Å²) < 4.78 is 5.17. The van der Waals surface area contributed by atoms with Crippen LogP contribution in [0.2, 0.25) is 0 Å². The van der Waals surface area contributed by atoms with Crippen LogP contribution in [0, 0.1) is 5.92 Å². The highest BCUT2D eigenvalue weighted by molar-refractivity contribution is 5.78. The Labute approximate surface area is 106 Å². The van der Waals surface area contributed by atoms with E-state index in [1.807, 2.05) is 0 Å². The van der Waals surface area contributed by atoms with E-state index in [0.29, 0.717) is 24.7 Å². The maximum Gasteiger partial charge on any atom is 0.229 e. The summed E-state index contributed by atoms with van der Waals surface area (Å²) in [5.74, 6) is 2.41. The lowest BCUT2D eigenvalue weighted by molar-refractivity contribution is -0.124. The van der Waals surface area contributed by atoms with Gasteiger partial charge in [0.05, 0.1) is 0 Å². The third-order valence-electron chi connectivity index (χ3n) is 3.78. The molecule has 0 aliphatic heterocycles. The molecule has 2 aliphatic carbocycles. The number of amides is 1. The van der Waals surface area contributed by atoms with Gasteiger partial charge in [0.2, 0.25) is 11.8 Å². The van der Waals surface area contributed by atoms with Crippen molar-refractivity contribution in [2.45, 2.75) is 50.9 Å². The van der Waals surface area contributed by atoms with Crippen LogP contribution in [-0.4, -0.2) is 22.6 Å². The van der Waals surface area contributed by atoms with Gasteiger partial charge in [0.15, 0.2) is 5.82 Å². The zero-order valence-corrected chi connectivity index (χ0v) is 10.5. The van der Waals surface area contributed by atoms with E-state index in [1.165, 1.54) is 25.7 Å². The molecule has 1 aromatic heterocycles. The van der Waals surface area contributed by atoms with Crippen LogP contribution < -0.4 is 5.32 Å². The van der Waals surface area contributed by atoms with Crippen LogP contribution in [0.15, 0.2) is 4.52 Å². The molecule has 0 atom stereocenters. The molecule has 3 rings (SSSR count). The molecule has 0 saturated heterocycles. The van der Waals surface area contributed by atoms with E-state index >= 15 is 0 Å². The van der Waals surface area contributed by atoms with E-state index < -0.39 is 0 Å². The van der Waals surface area contributed by atoms with Gasteiger partial charge in [-0.15, -0.1) is 0 Å². The molecule has 18 heavy (non-hydrogen) atoms. The summed E-state index contributed by atoms with van der Waals surface area (Å²) in [4.78, 5) is 16.1. The minimum absolute atomic E-state index is 0.193. The zero-order valence-electron chi connectivity index (χ0n) is 10.5. The monoisotopic (exact) mass is 249 g/mol. The third kappa shape index (κ3) is 2.71. The Balaban J connectivity index is 1.41. The highest BCUT2D eigenvalue weighted by Gasteiger charge is 2.29. The fraction of sp³-hybridized carbons (Fsp3) is 0.769. The van der Waals surface area contributed by atoms with Gasteiger partial charge in [0, 0.05) is 24.8 Å². The molecule has 2 saturated carbocycles. The molecule has 98 valence electrons. The Morgan fingerprint density at radius 2 is 2.06 bits per heavy atom. The highest BCUT2D eigenvalue weighted by atomic mass is 16.5. The molecule has 0 spiro atoms. The zero-order chi connectivity index (χ0) is 12.4. The standard InChI is InChI=1S/C13H19N3O2/c17-12(9-3-1-2-4-9)14-8-7-11-15-13(18-16-11)10-5-6-10/h9-10H,1-8H2,(H,14,17). The van der Waals surface area contributed by atoms with Gasteiger partial charge in [-0.05, 0) is 25.7 Å². The van der Waals surface area contributed by atoms with Gasteiger partial charge < -0.3 is 9.84 Å². The summed E-state index contributed by atoms with van der Waals surface area (Å²) in [7, 11) is 0. The van der Waals surface area contributed by atoms with Gasteiger partial charge in [-0.25, -0.2) is 0 Å². The Morgan fingerprint density at radius 1 is 1.28 bits per heavy atom. The van der Waals surface area contributed by atoms with E-state index in [-0.39, 0.29) is 11.8 Å². The normalized spacial score (nSPS) is 20.2. The minimum Gasteiger partial charge on any atom is -0.355 e. The molecule has 1 heterocycles. The Bertz CT molecular complexity index is 420. The fourth-order valence-electron chi connectivity index (χ4n) is 2.49. The first kappa shape index (κ1) is 11.7. The number of rotatable bonds is 5. The highest BCUT2D eigenvalue weighted by Crippen LogP contribution is 2.38. The third-order valence-corrected chi connectivity index (χ3v) is 3.78. The van der Waals surface area contributed by atoms with Crippen molar-refractivity contribution in [3.8, 4) is 0 Å². The van der Waals surface area contributed by atoms with Gasteiger partial charge in [0.25, 0.3) is 0 Å². The maximum absolute atomic E-state index is 11.8. The molecular formula is C13H19N3O2. The summed E-state index contributed by atoms with van der Waals surface area (Å²) >= 11 is 0. The first-order chi connectivity index (χ1) is 8.83. The summed E-state index contributed by atoms with van der Waals surface area (Å²) in [5.41, 5.74) is 0. The van der Waals surface area contributed by atoms with E-state index in [9.17, 15) is 4.79 Å². The van der Waals surface area contributed by atoms with Gasteiger partial charge in [-0.2, -0.15) is 4.98 Å². The number of hydrogen-bond donors (Lipinski definition) is 1. The molecule has 2 fully saturated rings. The van der Waals surface area contributed by atoms with E-state index in [1.54, 1.807) is 0 Å². The van der Waals surface area contributed by atoms with Crippen LogP contribution in [0.4, 0.5) is 0 Å². The minimum atomic E-state index is 0.193. The van der Waals surface area contributed by atoms with Gasteiger partial charge >= 0.3 is 0 Å². The lowest BCUT2D eigenvalue weighted by atomic mass is 10.1. The van der Waals surface area contributed by atoms with Crippen molar-refractivity contribution in [3.05, 3.63) is 11.7 Å². The van der Waals surface area contributed by atoms with Crippen LogP contribution in [-0.2, 0) is 11.2 Å². The van der Waals surface area contributed by atoms with Crippen LogP contribution in [0.1, 0.15) is 56.2 Å². The molecule has 1 amide bonds. The molecule has 1 N–H and O–H groups in total. The molecule has 5 heteroatoms. The van der Waals surface area contributed by atoms with Gasteiger partial charge in [0.1, 0.15) is 0 Å². The van der Waals surface area contributed by atoms with Crippen molar-refractivity contribution in [1.29, 1.82) is 0 Å². The largest absolute Gasteiger partial charge is 0.355 e. The van der Waals surface area contributed by atoms with Crippen molar-refractivity contribution in [2.24, 2.45) is 5.92 Å². The fourth-order valence-corrected chi connectivity index (χ4v) is 2.49. The molecule has 0 bridgehead atoms. The molecule has 0 unspecified atom stereocenters. The number of nitrogens with one attached hydrogen (secondary N) is 1. The van der Waals surface area contributed by atoms with Gasteiger partial charge in [-0.3, -0.25) is 4.79 Å². The lowest BCUT2D eigenvalue weighted by Crippen LogP contribution is -2.31. The summed E-state index contributed by atoms with van der Waals surface area (Å²) in [6.07, 6.45) is 7.45. The first-order valence-electron chi connectivity index (χ1n) is 6.93. The van der Waals surface area contributed by atoms with Crippen molar-refractivity contribution >= 4 is 5.91 Å². The SMILES string of the molecule is O=C(NCCc1noc(C2CC2)n1)C1CCCC1. The average Bonchev–Trinajstić information content (AvgIpc) is 2.92. The molecular weight excluding hydrogens is 230 g/mol. The smallest absolute Gasteiger partial charge is 0.229 e. The van der Waals surface area contributed by atoms with Crippen LogP contribution in [0.3, 0.4) is 0 Å². The lowest BCUT2D eigenvalue weighted by Gasteiger charge is -2.08. The topological polar surface area (TPSA) is 68.0 Å². The van der Waals surface area contributed by atoms with Gasteiger partial charge in [-0.1, -0.05) is 18.0 Å². The predicted octanol–water partition coefficient (Wildman–Crippen LogP) is 1.80. The summed E-state index contributed by atoms with van der Waals surface area (Å²) in [5, 5.41) is 6.90. The molecule has 2 aliphatic rings. The van der Waals surface area contributed by atoms with E-state index in [0.717, 1.165) is 18.7 Å². The van der Waals surface area contributed by atoms with E-state index in [4.69, 9.17) is 4.52 Å². The van der Waals surface area contributed by atoms with Crippen molar-refractivity contribution in [1.82, 2.24) is 15.5 Å². The van der Waals surface area contributed by atoms with Crippen LogP contribution >= 0.6 is 0 Å². The first-order valence-corrected chi connectivity index (χ1v) is 6.93. The van der Waals surface area contributed by atoms with Crippen molar-refractivity contribution < 1.29 is 9.32 Å². The number of carbonyl (C=O) groups excluding carboxylic acids is 1. The van der Waals surface area contributed by atoms with Crippen molar-refractivity contribution in [2.75, 3.05) is 6.54 Å². The second kappa shape index (κ2) is 5.08. The summed E-state index contributed by atoms with van der Waals surface area (Å²) in [6.45, 7) is 0.610. The second-order valence-electron chi connectivity index (χ2n) is 5.35. The number of aromatic nitrogens is 2. The van der Waals surface area contributed by atoms with E-state index in [2.05, 4.69) is 15.5 Å². The molecule has 1 aromatic rings. The number of hydrogen-bond acceptors (Lipinski definition) is 4. The Morgan fingerprint density at radius 3 is 2.78 bits per heavy atom. The maximum atomic E-state index is 11.8. The average molecular weight is 249 g/mol. The quantitative estimate of drug-likeness (QED) is 0.864. The Hall–Kier alpha value is -1.39. The second-order valence-corrected chi connectivity index (χ2v) is 5.35. The van der Waals surface area contributed by atoms with Crippen molar-refractivity contribution in [3.63, 3.8) is 0 Å². The van der Waals surface area contributed by atoms with Crippen LogP contribution in [0.5, 0.6) is 0 Å². The summed E-state index contributed by atoms with van der Waals surface area (Å²) in [6, 6.07) is 0. The molecule has 0 radical (unpaired) electrons. The molecule has 0 aromatic carbocycles.